The van der Waals surface area contributed by atoms with Crippen molar-refractivity contribution in [3.05, 3.63) is 53.4 Å². The van der Waals surface area contributed by atoms with E-state index in [9.17, 15) is 4.79 Å². The third-order valence-electron chi connectivity index (χ3n) is 6.99. The van der Waals surface area contributed by atoms with Gasteiger partial charge < -0.3 is 24.8 Å². The summed E-state index contributed by atoms with van der Waals surface area (Å²) in [6.07, 6.45) is 7.97. The first-order chi connectivity index (χ1) is 17.5. The lowest BCUT2D eigenvalue weighted by molar-refractivity contribution is -0.122. The number of allylic oxidation sites excluding steroid dienone is 1. The summed E-state index contributed by atoms with van der Waals surface area (Å²) >= 11 is 0. The van der Waals surface area contributed by atoms with Gasteiger partial charge >= 0.3 is 0 Å². The lowest BCUT2D eigenvalue weighted by Crippen LogP contribution is -2.47. The number of benzene rings is 1. The fourth-order valence-corrected chi connectivity index (χ4v) is 4.67. The Balaban J connectivity index is 1.34. The Kier molecular flexibility index (Phi) is 8.72. The lowest BCUT2D eigenvalue weighted by atomic mass is 9.83. The molecule has 36 heavy (non-hydrogen) atoms. The van der Waals surface area contributed by atoms with Crippen LogP contribution in [0.2, 0.25) is 0 Å². The highest BCUT2D eigenvalue weighted by Gasteiger charge is 2.34. The van der Waals surface area contributed by atoms with E-state index in [0.717, 1.165) is 46.8 Å². The second-order valence-electron chi connectivity index (χ2n) is 9.30. The van der Waals surface area contributed by atoms with Crippen molar-refractivity contribution in [2.75, 3.05) is 32.7 Å². The van der Waals surface area contributed by atoms with E-state index >= 15 is 0 Å². The number of amides is 1. The minimum absolute atomic E-state index is 0.0412. The summed E-state index contributed by atoms with van der Waals surface area (Å²) in [7, 11) is 3.49. The number of hydrogen-bond acceptors (Lipinski definition) is 7. The van der Waals surface area contributed by atoms with Gasteiger partial charge in [-0.2, -0.15) is 0 Å². The predicted octanol–water partition coefficient (Wildman–Crippen LogP) is 4.18. The van der Waals surface area contributed by atoms with Crippen molar-refractivity contribution in [3.63, 3.8) is 0 Å². The maximum Gasteiger partial charge on any atom is 0.227 e. The average Bonchev–Trinajstić information content (AvgIpc) is 2.91. The highest BCUT2D eigenvalue weighted by molar-refractivity contribution is 5.97. The lowest BCUT2D eigenvalue weighted by Gasteiger charge is -2.35. The normalized spacial score (nSPS) is 22.0. The Labute approximate surface area is 213 Å². The van der Waals surface area contributed by atoms with Crippen LogP contribution >= 0.6 is 0 Å². The van der Waals surface area contributed by atoms with E-state index < -0.39 is 0 Å². The molecule has 1 saturated carbocycles. The number of methoxy groups -OCH3 is 1. The number of hydrogen-bond donors (Lipinski definition) is 2. The van der Waals surface area contributed by atoms with Gasteiger partial charge in [0.15, 0.2) is 11.5 Å². The van der Waals surface area contributed by atoms with Crippen molar-refractivity contribution < 1.29 is 19.0 Å². The number of rotatable bonds is 8. The number of aromatic nitrogens is 1. The molecule has 0 unspecified atom stereocenters. The smallest absolute Gasteiger partial charge is 0.227 e. The Morgan fingerprint density at radius 3 is 2.83 bits per heavy atom. The number of ether oxygens (including phenoxy) is 3. The quantitative estimate of drug-likeness (QED) is 0.537. The Bertz CT molecular complexity index is 1130. The number of carbonyl (C=O) groups excluding carboxylic acids is 1. The molecular weight excluding hydrogens is 456 g/mol. The number of carbonyl (C=O) groups is 1. The molecule has 1 fully saturated rings. The first-order valence-electron chi connectivity index (χ1n) is 12.5. The molecule has 8 nitrogen and oxygen atoms in total. The van der Waals surface area contributed by atoms with E-state index in [-0.39, 0.29) is 24.0 Å². The number of pyridine rings is 1. The number of fused-ring (bicyclic) bond motifs is 1. The molecule has 2 heterocycles. The van der Waals surface area contributed by atoms with Crippen molar-refractivity contribution in [3.8, 4) is 11.5 Å². The summed E-state index contributed by atoms with van der Waals surface area (Å²) in [6, 6.07) is 8.02. The Morgan fingerprint density at radius 2 is 2.06 bits per heavy atom. The number of aliphatic imine (C=N–C) groups is 1. The van der Waals surface area contributed by atoms with Crippen LogP contribution in [0.25, 0.3) is 6.08 Å². The minimum Gasteiger partial charge on any atom is -0.486 e. The maximum atomic E-state index is 13.2. The molecule has 0 spiro atoms. The summed E-state index contributed by atoms with van der Waals surface area (Å²) in [5.74, 6) is 1.36. The van der Waals surface area contributed by atoms with Gasteiger partial charge in [-0.3, -0.25) is 14.8 Å². The zero-order valence-electron chi connectivity index (χ0n) is 21.5. The van der Waals surface area contributed by atoms with Crippen molar-refractivity contribution in [1.82, 2.24) is 10.3 Å². The molecule has 1 aromatic heterocycles. The molecule has 0 saturated heterocycles. The third kappa shape index (κ3) is 6.30. The fraction of sp³-hybridized carbons (Fsp3) is 0.464. The van der Waals surface area contributed by atoms with E-state index in [1.165, 1.54) is 0 Å². The van der Waals surface area contributed by atoms with Crippen LogP contribution in [0.3, 0.4) is 0 Å². The van der Waals surface area contributed by atoms with Crippen LogP contribution in [0, 0.1) is 12.8 Å². The summed E-state index contributed by atoms with van der Waals surface area (Å²) in [4.78, 5) is 21.8. The van der Waals surface area contributed by atoms with Crippen LogP contribution in [0.15, 0.2) is 41.5 Å². The average molecular weight is 493 g/mol. The fourth-order valence-electron chi connectivity index (χ4n) is 4.67. The first kappa shape index (κ1) is 25.9. The molecule has 192 valence electrons. The molecule has 4 rings (SSSR count). The molecule has 0 radical (unpaired) electrons. The van der Waals surface area contributed by atoms with Gasteiger partial charge in [-0.05, 0) is 56.4 Å². The van der Waals surface area contributed by atoms with Gasteiger partial charge in [0, 0.05) is 50.1 Å². The summed E-state index contributed by atoms with van der Waals surface area (Å²) < 4.78 is 17.0. The van der Waals surface area contributed by atoms with Gasteiger partial charge in [0.25, 0.3) is 0 Å². The number of nitrogens with zero attached hydrogens (tertiary/aromatic N) is 2. The van der Waals surface area contributed by atoms with Gasteiger partial charge in [0.2, 0.25) is 5.91 Å². The monoisotopic (exact) mass is 492 g/mol. The molecule has 3 atom stereocenters. The number of anilines is 1. The molecule has 2 aromatic rings. The highest BCUT2D eigenvalue weighted by Crippen LogP contribution is 2.31. The molecule has 1 aromatic carbocycles. The summed E-state index contributed by atoms with van der Waals surface area (Å²) in [5, 5.41) is 6.72. The zero-order chi connectivity index (χ0) is 25.5. The van der Waals surface area contributed by atoms with Gasteiger partial charge in [0.1, 0.15) is 13.2 Å². The molecular formula is C28H36N4O4. The highest BCUT2D eigenvalue weighted by atomic mass is 16.6. The van der Waals surface area contributed by atoms with Crippen molar-refractivity contribution in [1.29, 1.82) is 0 Å². The van der Waals surface area contributed by atoms with Crippen LogP contribution in [0.5, 0.6) is 11.5 Å². The molecule has 1 amide bonds. The largest absolute Gasteiger partial charge is 0.486 e. The minimum atomic E-state index is -0.103. The van der Waals surface area contributed by atoms with Gasteiger partial charge in [-0.15, -0.1) is 0 Å². The molecule has 2 N–H and O–H groups in total. The molecule has 1 aliphatic heterocycles. The molecule has 8 heteroatoms. The van der Waals surface area contributed by atoms with Gasteiger partial charge in [0.05, 0.1) is 18.0 Å². The molecule has 2 aliphatic rings. The topological polar surface area (TPSA) is 94.1 Å². The van der Waals surface area contributed by atoms with E-state index in [4.69, 9.17) is 14.2 Å². The second kappa shape index (κ2) is 12.1. The standard InChI is InChI=1S/C28H36N4O4/c1-18(29-3)8-9-20-6-5-7-23(19(20)2)32-28(33)21-10-11-24(25(14-21)34-4)31-16-22-15-26-27(17-30-22)36-13-12-35-26/h5-9,15,17,21,24-25,31H,10-14,16H2,1-4H3,(H,32,33)/b9-8-,29-18-/t21-,24-,25-/m1/s1. The zero-order valence-corrected chi connectivity index (χ0v) is 21.5. The maximum absolute atomic E-state index is 13.2. The number of nitrogens with one attached hydrogen (secondary N) is 2. The van der Waals surface area contributed by atoms with Crippen LogP contribution in [-0.4, -0.2) is 56.1 Å². The van der Waals surface area contributed by atoms with Crippen LogP contribution < -0.4 is 20.1 Å². The van der Waals surface area contributed by atoms with Gasteiger partial charge in [-0.1, -0.05) is 18.2 Å². The van der Waals surface area contributed by atoms with Crippen LogP contribution in [0.1, 0.15) is 43.0 Å². The first-order valence-corrected chi connectivity index (χ1v) is 12.5. The second-order valence-corrected chi connectivity index (χ2v) is 9.30. The molecule has 0 bridgehead atoms. The van der Waals surface area contributed by atoms with Crippen LogP contribution in [-0.2, 0) is 16.1 Å². The van der Waals surface area contributed by atoms with E-state index in [2.05, 4.69) is 20.6 Å². The van der Waals surface area contributed by atoms with E-state index in [1.807, 2.05) is 50.3 Å². The van der Waals surface area contributed by atoms with Gasteiger partial charge in [-0.25, -0.2) is 0 Å². The summed E-state index contributed by atoms with van der Waals surface area (Å²) in [6.45, 7) is 5.68. The Hall–Kier alpha value is -3.23. The van der Waals surface area contributed by atoms with Crippen LogP contribution in [0.4, 0.5) is 5.69 Å². The van der Waals surface area contributed by atoms with Crippen molar-refractivity contribution in [2.24, 2.45) is 10.9 Å². The molecule has 1 aliphatic carbocycles. The van der Waals surface area contributed by atoms with E-state index in [0.29, 0.717) is 31.9 Å². The third-order valence-corrected chi connectivity index (χ3v) is 6.99. The predicted molar refractivity (Wildman–Crippen MR) is 142 cm³/mol. The van der Waals surface area contributed by atoms with Crippen molar-refractivity contribution >= 4 is 23.4 Å². The Morgan fingerprint density at radius 1 is 1.25 bits per heavy atom. The van der Waals surface area contributed by atoms with E-state index in [1.54, 1.807) is 20.4 Å². The summed E-state index contributed by atoms with van der Waals surface area (Å²) in [5.41, 5.74) is 4.78. The van der Waals surface area contributed by atoms with Crippen molar-refractivity contribution in [2.45, 2.75) is 51.8 Å². The SMILES string of the molecule is C/N=C(C)\C=C/c1cccc(NC(=O)[C@@H]2CC[C@@H](NCc3cc4c(cn3)OCCO4)[C@H](OC)C2)c1C.